The largest absolute Gasteiger partial charge is 0.355 e. The molecule has 8 nitrogen and oxygen atoms in total. The number of rotatable bonds is 5. The van der Waals surface area contributed by atoms with Crippen molar-refractivity contribution in [2.75, 3.05) is 24.5 Å². The highest BCUT2D eigenvalue weighted by Gasteiger charge is 2.26. The summed E-state index contributed by atoms with van der Waals surface area (Å²) in [6.07, 6.45) is 7.90. The minimum absolute atomic E-state index is 0.0392. The van der Waals surface area contributed by atoms with Crippen molar-refractivity contribution < 1.29 is 4.79 Å². The lowest BCUT2D eigenvalue weighted by Gasteiger charge is -2.31. The van der Waals surface area contributed by atoms with Crippen LogP contribution < -0.4 is 10.2 Å². The maximum absolute atomic E-state index is 12.5. The molecule has 0 aromatic carbocycles. The molecule has 1 saturated heterocycles. The first-order chi connectivity index (χ1) is 12.8. The van der Waals surface area contributed by atoms with E-state index in [1.807, 2.05) is 28.8 Å². The van der Waals surface area contributed by atoms with Crippen molar-refractivity contribution in [2.45, 2.75) is 19.3 Å². The maximum atomic E-state index is 12.5. The lowest BCUT2D eigenvalue weighted by molar-refractivity contribution is -0.125. The molecule has 1 fully saturated rings. The van der Waals surface area contributed by atoms with E-state index in [0.29, 0.717) is 25.5 Å². The van der Waals surface area contributed by atoms with Gasteiger partial charge < -0.3 is 10.2 Å². The van der Waals surface area contributed by atoms with Crippen LogP contribution in [0.15, 0.2) is 42.9 Å². The molecule has 4 rings (SSSR count). The minimum atomic E-state index is -0.0392. The average Bonchev–Trinajstić information content (AvgIpc) is 3.12. The van der Waals surface area contributed by atoms with Gasteiger partial charge in [-0.2, -0.15) is 0 Å². The Morgan fingerprint density at radius 3 is 2.96 bits per heavy atom. The third-order valence-corrected chi connectivity index (χ3v) is 4.66. The van der Waals surface area contributed by atoms with Gasteiger partial charge in [0.1, 0.15) is 5.82 Å². The number of pyridine rings is 1. The molecule has 1 aliphatic heterocycles. The van der Waals surface area contributed by atoms with Gasteiger partial charge >= 0.3 is 0 Å². The van der Waals surface area contributed by atoms with E-state index >= 15 is 0 Å². The van der Waals surface area contributed by atoms with E-state index < -0.39 is 0 Å². The summed E-state index contributed by atoms with van der Waals surface area (Å²) < 4.78 is 1.95. The van der Waals surface area contributed by atoms with E-state index in [4.69, 9.17) is 0 Å². The summed E-state index contributed by atoms with van der Waals surface area (Å²) in [6.45, 7) is 2.09. The van der Waals surface area contributed by atoms with Crippen molar-refractivity contribution in [3.05, 3.63) is 48.7 Å². The molecule has 0 bridgehead atoms. The number of carbonyl (C=O) groups is 1. The zero-order valence-electron chi connectivity index (χ0n) is 14.5. The standard InChI is InChI=1S/C18H21N7O/c26-17(14-5-3-11-24(13-14)18-20-8-4-9-21-18)19-10-7-16-23-22-15-6-1-2-12-25(15)16/h1-2,4,6,8-9,12,14H,3,5,7,10-11,13H2,(H,19,26)/t14-/m0/s1. The van der Waals surface area contributed by atoms with Crippen LogP contribution >= 0.6 is 0 Å². The van der Waals surface area contributed by atoms with Crippen molar-refractivity contribution in [2.24, 2.45) is 5.92 Å². The summed E-state index contributed by atoms with van der Waals surface area (Å²) >= 11 is 0. The van der Waals surface area contributed by atoms with Crippen LogP contribution in [0.2, 0.25) is 0 Å². The van der Waals surface area contributed by atoms with E-state index in [-0.39, 0.29) is 11.8 Å². The van der Waals surface area contributed by atoms with Crippen LogP contribution in [-0.4, -0.2) is 50.1 Å². The van der Waals surface area contributed by atoms with Gasteiger partial charge in [0, 0.05) is 44.6 Å². The fourth-order valence-corrected chi connectivity index (χ4v) is 3.33. The minimum Gasteiger partial charge on any atom is -0.355 e. The van der Waals surface area contributed by atoms with Crippen LogP contribution in [0.25, 0.3) is 5.65 Å². The number of hydrogen-bond acceptors (Lipinski definition) is 6. The van der Waals surface area contributed by atoms with Crippen molar-refractivity contribution in [3.63, 3.8) is 0 Å². The van der Waals surface area contributed by atoms with E-state index in [9.17, 15) is 4.79 Å². The Kier molecular flexibility index (Phi) is 4.72. The SMILES string of the molecule is O=C(NCCc1nnc2ccccn12)[C@H]1CCCN(c2ncccn2)C1. The van der Waals surface area contributed by atoms with Gasteiger partial charge in [-0.25, -0.2) is 9.97 Å². The molecule has 4 heterocycles. The Labute approximate surface area is 151 Å². The second-order valence-electron chi connectivity index (χ2n) is 6.42. The van der Waals surface area contributed by atoms with Gasteiger partial charge in [0.15, 0.2) is 5.65 Å². The number of piperidine rings is 1. The third kappa shape index (κ3) is 3.49. The second kappa shape index (κ2) is 7.47. The monoisotopic (exact) mass is 351 g/mol. The van der Waals surface area contributed by atoms with Gasteiger partial charge in [0.25, 0.3) is 0 Å². The molecule has 3 aromatic rings. The fraction of sp³-hybridized carbons (Fsp3) is 0.389. The number of hydrogen-bond donors (Lipinski definition) is 1. The number of carbonyl (C=O) groups excluding carboxylic acids is 1. The Morgan fingerprint density at radius 2 is 2.08 bits per heavy atom. The number of anilines is 1. The van der Waals surface area contributed by atoms with Crippen LogP contribution in [0.3, 0.4) is 0 Å². The lowest BCUT2D eigenvalue weighted by atomic mass is 9.97. The Bertz CT molecular complexity index is 879. The summed E-state index contributed by atoms with van der Waals surface area (Å²) in [5, 5.41) is 11.4. The van der Waals surface area contributed by atoms with Gasteiger partial charge in [0.05, 0.1) is 5.92 Å². The normalized spacial score (nSPS) is 17.4. The fourth-order valence-electron chi connectivity index (χ4n) is 3.33. The van der Waals surface area contributed by atoms with Gasteiger partial charge in [-0.3, -0.25) is 9.20 Å². The van der Waals surface area contributed by atoms with Gasteiger partial charge in [-0.05, 0) is 31.0 Å². The first kappa shape index (κ1) is 16.4. The zero-order valence-corrected chi connectivity index (χ0v) is 14.5. The number of amides is 1. The average molecular weight is 351 g/mol. The van der Waals surface area contributed by atoms with Crippen LogP contribution in [-0.2, 0) is 11.2 Å². The number of aromatic nitrogens is 5. The molecule has 0 radical (unpaired) electrons. The highest BCUT2D eigenvalue weighted by molar-refractivity contribution is 5.79. The van der Waals surface area contributed by atoms with Crippen molar-refractivity contribution in [3.8, 4) is 0 Å². The molecule has 0 unspecified atom stereocenters. The van der Waals surface area contributed by atoms with Gasteiger partial charge in [-0.1, -0.05) is 6.07 Å². The summed E-state index contributed by atoms with van der Waals surface area (Å²) in [4.78, 5) is 23.2. The van der Waals surface area contributed by atoms with Crippen LogP contribution in [0.4, 0.5) is 5.95 Å². The van der Waals surface area contributed by atoms with E-state index in [1.165, 1.54) is 0 Å². The first-order valence-corrected chi connectivity index (χ1v) is 8.89. The quantitative estimate of drug-likeness (QED) is 0.740. The molecule has 1 aliphatic rings. The highest BCUT2D eigenvalue weighted by atomic mass is 16.1. The van der Waals surface area contributed by atoms with Crippen LogP contribution in [0.5, 0.6) is 0 Å². The maximum Gasteiger partial charge on any atom is 0.225 e. The van der Waals surface area contributed by atoms with Crippen molar-refractivity contribution >= 4 is 17.5 Å². The number of nitrogens with one attached hydrogen (secondary N) is 1. The molecule has 26 heavy (non-hydrogen) atoms. The molecule has 0 aliphatic carbocycles. The summed E-state index contributed by atoms with van der Waals surface area (Å²) in [5.41, 5.74) is 0.819. The molecule has 0 saturated carbocycles. The topological polar surface area (TPSA) is 88.3 Å². The predicted molar refractivity (Wildman–Crippen MR) is 96.7 cm³/mol. The van der Waals surface area contributed by atoms with Gasteiger partial charge in [0.2, 0.25) is 11.9 Å². The van der Waals surface area contributed by atoms with E-state index in [2.05, 4.69) is 30.4 Å². The molecular formula is C18H21N7O. The molecule has 134 valence electrons. The molecule has 0 spiro atoms. The van der Waals surface area contributed by atoms with Crippen molar-refractivity contribution in [1.29, 1.82) is 0 Å². The summed E-state index contributed by atoms with van der Waals surface area (Å²) in [6, 6.07) is 7.59. The smallest absolute Gasteiger partial charge is 0.225 e. The van der Waals surface area contributed by atoms with E-state index in [0.717, 1.165) is 30.9 Å². The molecule has 8 heteroatoms. The predicted octanol–water partition coefficient (Wildman–Crippen LogP) is 1.09. The Balaban J connectivity index is 1.32. The van der Waals surface area contributed by atoms with E-state index in [1.54, 1.807) is 18.5 Å². The van der Waals surface area contributed by atoms with Crippen molar-refractivity contribution in [1.82, 2.24) is 29.9 Å². The molecular weight excluding hydrogens is 330 g/mol. The molecule has 1 amide bonds. The second-order valence-corrected chi connectivity index (χ2v) is 6.42. The third-order valence-electron chi connectivity index (χ3n) is 4.66. The zero-order chi connectivity index (χ0) is 17.8. The van der Waals surface area contributed by atoms with Crippen LogP contribution in [0, 0.1) is 5.92 Å². The summed E-state index contributed by atoms with van der Waals surface area (Å²) in [7, 11) is 0. The highest BCUT2D eigenvalue weighted by Crippen LogP contribution is 2.20. The first-order valence-electron chi connectivity index (χ1n) is 8.89. The molecule has 1 atom stereocenters. The molecule has 3 aromatic heterocycles. The number of fused-ring (bicyclic) bond motifs is 1. The summed E-state index contributed by atoms with van der Waals surface area (Å²) in [5.74, 6) is 1.59. The molecule has 1 N–H and O–H groups in total. The van der Waals surface area contributed by atoms with Crippen LogP contribution in [0.1, 0.15) is 18.7 Å². The van der Waals surface area contributed by atoms with Gasteiger partial charge in [-0.15, -0.1) is 10.2 Å². The number of nitrogens with zero attached hydrogens (tertiary/aromatic N) is 6. The Hall–Kier alpha value is -3.03. The Morgan fingerprint density at radius 1 is 1.19 bits per heavy atom. The lowest BCUT2D eigenvalue weighted by Crippen LogP contribution is -2.44.